The van der Waals surface area contributed by atoms with E-state index in [0.29, 0.717) is 6.54 Å². The molecule has 0 spiro atoms. The summed E-state index contributed by atoms with van der Waals surface area (Å²) in [6.45, 7) is 4.59. The maximum atomic E-state index is 12.4. The number of nitrogens with zero attached hydrogens (tertiary/aromatic N) is 1. The van der Waals surface area contributed by atoms with Crippen molar-refractivity contribution < 1.29 is 9.53 Å². The molecule has 1 heterocycles. The van der Waals surface area contributed by atoms with Crippen molar-refractivity contribution in [1.82, 2.24) is 10.2 Å². The van der Waals surface area contributed by atoms with E-state index < -0.39 is 0 Å². The lowest BCUT2D eigenvalue weighted by Gasteiger charge is -2.23. The first-order chi connectivity index (χ1) is 8.63. The fourth-order valence-electron chi connectivity index (χ4n) is 2.24. The Kier molecular flexibility index (Phi) is 3.99. The monoisotopic (exact) mass is 248 g/mol. The van der Waals surface area contributed by atoms with Gasteiger partial charge in [0.2, 0.25) is 5.91 Å². The highest BCUT2D eigenvalue weighted by atomic mass is 16.5. The molecule has 1 aliphatic rings. The Bertz CT molecular complexity index is 408. The number of methoxy groups -OCH3 is 1. The summed E-state index contributed by atoms with van der Waals surface area (Å²) in [5.41, 5.74) is 1.02. The average Bonchev–Trinajstić information content (AvgIpc) is 2.67. The predicted molar refractivity (Wildman–Crippen MR) is 70.0 cm³/mol. The fraction of sp³-hybridized carbons (Fsp3) is 0.500. The standard InChI is InChI=1S/C14H20N2O2/c1-10(18-3)9-16-11(2)15-13(14(16)17)12-7-5-4-6-8-12/h4-8,10-11,13,15H,9H2,1-3H3. The Morgan fingerprint density at radius 2 is 2.06 bits per heavy atom. The van der Waals surface area contributed by atoms with Crippen LogP contribution in [0.5, 0.6) is 0 Å². The summed E-state index contributed by atoms with van der Waals surface area (Å²) in [5, 5.41) is 3.32. The van der Waals surface area contributed by atoms with E-state index in [1.165, 1.54) is 0 Å². The number of benzene rings is 1. The number of carbonyl (C=O) groups excluding carboxylic acids is 1. The zero-order valence-corrected chi connectivity index (χ0v) is 11.1. The molecule has 1 saturated heterocycles. The Labute approximate surface area is 108 Å². The number of rotatable bonds is 4. The molecule has 1 N–H and O–H groups in total. The lowest BCUT2D eigenvalue weighted by molar-refractivity contribution is -0.131. The second-order valence-corrected chi connectivity index (χ2v) is 4.72. The average molecular weight is 248 g/mol. The summed E-state index contributed by atoms with van der Waals surface area (Å²) in [5.74, 6) is 0.123. The Hall–Kier alpha value is -1.39. The molecule has 4 heteroatoms. The number of amides is 1. The van der Waals surface area contributed by atoms with Crippen LogP contribution in [0.4, 0.5) is 0 Å². The van der Waals surface area contributed by atoms with Gasteiger partial charge in [-0.3, -0.25) is 10.1 Å². The highest BCUT2D eigenvalue weighted by Crippen LogP contribution is 2.24. The normalized spacial score (nSPS) is 25.5. The van der Waals surface area contributed by atoms with Gasteiger partial charge in [-0.1, -0.05) is 30.3 Å². The summed E-state index contributed by atoms with van der Waals surface area (Å²) >= 11 is 0. The lowest BCUT2D eigenvalue weighted by atomic mass is 10.1. The van der Waals surface area contributed by atoms with Crippen LogP contribution in [-0.4, -0.2) is 36.7 Å². The molecule has 3 unspecified atom stereocenters. The molecule has 1 aromatic carbocycles. The zero-order chi connectivity index (χ0) is 13.1. The van der Waals surface area contributed by atoms with E-state index in [1.807, 2.05) is 49.1 Å². The van der Waals surface area contributed by atoms with Gasteiger partial charge < -0.3 is 9.64 Å². The van der Waals surface area contributed by atoms with Gasteiger partial charge in [0.1, 0.15) is 6.04 Å². The van der Waals surface area contributed by atoms with E-state index >= 15 is 0 Å². The van der Waals surface area contributed by atoms with Crippen LogP contribution in [0.1, 0.15) is 25.5 Å². The molecule has 98 valence electrons. The van der Waals surface area contributed by atoms with Gasteiger partial charge in [-0.25, -0.2) is 0 Å². The summed E-state index contributed by atoms with van der Waals surface area (Å²) < 4.78 is 5.23. The minimum atomic E-state index is -0.231. The van der Waals surface area contributed by atoms with Crippen molar-refractivity contribution in [3.63, 3.8) is 0 Å². The molecule has 18 heavy (non-hydrogen) atoms. The fourth-order valence-corrected chi connectivity index (χ4v) is 2.24. The molecular formula is C14H20N2O2. The smallest absolute Gasteiger partial charge is 0.245 e. The van der Waals surface area contributed by atoms with Crippen molar-refractivity contribution >= 4 is 5.91 Å². The zero-order valence-electron chi connectivity index (χ0n) is 11.1. The number of hydrogen-bond acceptors (Lipinski definition) is 3. The second kappa shape index (κ2) is 5.50. The molecule has 0 saturated carbocycles. The Morgan fingerprint density at radius 3 is 2.67 bits per heavy atom. The molecule has 0 bridgehead atoms. The van der Waals surface area contributed by atoms with Crippen LogP contribution in [0, 0.1) is 0 Å². The van der Waals surface area contributed by atoms with Gasteiger partial charge in [0.15, 0.2) is 0 Å². The first kappa shape index (κ1) is 13.1. The van der Waals surface area contributed by atoms with E-state index in [9.17, 15) is 4.79 Å². The molecule has 2 rings (SSSR count). The third kappa shape index (κ3) is 2.54. The molecule has 1 amide bonds. The second-order valence-electron chi connectivity index (χ2n) is 4.72. The van der Waals surface area contributed by atoms with E-state index in [-0.39, 0.29) is 24.2 Å². The highest BCUT2D eigenvalue weighted by Gasteiger charge is 2.37. The maximum Gasteiger partial charge on any atom is 0.245 e. The van der Waals surface area contributed by atoms with E-state index in [2.05, 4.69) is 5.32 Å². The quantitative estimate of drug-likeness (QED) is 0.879. The van der Waals surface area contributed by atoms with Crippen molar-refractivity contribution in [2.24, 2.45) is 0 Å². The van der Waals surface area contributed by atoms with Crippen molar-refractivity contribution in [3.05, 3.63) is 35.9 Å². The molecule has 0 aromatic heterocycles. The van der Waals surface area contributed by atoms with Gasteiger partial charge in [0.25, 0.3) is 0 Å². The molecule has 1 aromatic rings. The summed E-state index contributed by atoms with van der Waals surface area (Å²) in [4.78, 5) is 14.2. The van der Waals surface area contributed by atoms with E-state index in [4.69, 9.17) is 4.74 Å². The van der Waals surface area contributed by atoms with Crippen molar-refractivity contribution in [3.8, 4) is 0 Å². The van der Waals surface area contributed by atoms with Gasteiger partial charge in [0.05, 0.1) is 12.3 Å². The predicted octanol–water partition coefficient (Wildman–Crippen LogP) is 1.54. The number of nitrogens with one attached hydrogen (secondary N) is 1. The third-order valence-electron chi connectivity index (χ3n) is 3.39. The summed E-state index contributed by atoms with van der Waals surface area (Å²) in [6.07, 6.45) is 0.0908. The highest BCUT2D eigenvalue weighted by molar-refractivity contribution is 5.85. The van der Waals surface area contributed by atoms with E-state index in [1.54, 1.807) is 7.11 Å². The third-order valence-corrected chi connectivity index (χ3v) is 3.39. The molecule has 1 aliphatic heterocycles. The first-order valence-corrected chi connectivity index (χ1v) is 6.27. The maximum absolute atomic E-state index is 12.4. The molecular weight excluding hydrogens is 228 g/mol. The largest absolute Gasteiger partial charge is 0.380 e. The SMILES string of the molecule is COC(C)CN1C(=O)C(c2ccccc2)NC1C. The Morgan fingerprint density at radius 1 is 1.39 bits per heavy atom. The molecule has 0 aliphatic carbocycles. The molecule has 3 atom stereocenters. The van der Waals surface area contributed by atoms with Crippen molar-refractivity contribution in [2.75, 3.05) is 13.7 Å². The van der Waals surface area contributed by atoms with Gasteiger partial charge in [-0.15, -0.1) is 0 Å². The van der Waals surface area contributed by atoms with Crippen molar-refractivity contribution in [1.29, 1.82) is 0 Å². The van der Waals surface area contributed by atoms with Crippen LogP contribution in [0.2, 0.25) is 0 Å². The first-order valence-electron chi connectivity index (χ1n) is 6.27. The summed E-state index contributed by atoms with van der Waals surface area (Å²) in [7, 11) is 1.66. The van der Waals surface area contributed by atoms with Crippen LogP contribution in [0.3, 0.4) is 0 Å². The lowest BCUT2D eigenvalue weighted by Crippen LogP contribution is -2.39. The molecule has 4 nitrogen and oxygen atoms in total. The minimum Gasteiger partial charge on any atom is -0.380 e. The van der Waals surface area contributed by atoms with Gasteiger partial charge >= 0.3 is 0 Å². The van der Waals surface area contributed by atoms with Crippen LogP contribution in [0.15, 0.2) is 30.3 Å². The topological polar surface area (TPSA) is 41.6 Å². The summed E-state index contributed by atoms with van der Waals surface area (Å²) in [6, 6.07) is 9.59. The van der Waals surface area contributed by atoms with Crippen molar-refractivity contribution in [2.45, 2.75) is 32.2 Å². The minimum absolute atomic E-state index is 0.0420. The number of carbonyl (C=O) groups is 1. The van der Waals surface area contributed by atoms with Crippen LogP contribution in [0.25, 0.3) is 0 Å². The Balaban J connectivity index is 2.12. The number of ether oxygens (including phenoxy) is 1. The van der Waals surface area contributed by atoms with Crippen LogP contribution < -0.4 is 5.32 Å². The van der Waals surface area contributed by atoms with Gasteiger partial charge in [-0.2, -0.15) is 0 Å². The van der Waals surface area contributed by atoms with Crippen LogP contribution in [-0.2, 0) is 9.53 Å². The van der Waals surface area contributed by atoms with Gasteiger partial charge in [0, 0.05) is 13.7 Å². The number of hydrogen-bond donors (Lipinski definition) is 1. The van der Waals surface area contributed by atoms with Crippen LogP contribution >= 0.6 is 0 Å². The molecule has 0 radical (unpaired) electrons. The molecule has 1 fully saturated rings. The van der Waals surface area contributed by atoms with Gasteiger partial charge in [-0.05, 0) is 19.4 Å². The van der Waals surface area contributed by atoms with E-state index in [0.717, 1.165) is 5.56 Å².